The third-order valence-corrected chi connectivity index (χ3v) is 4.34. The smallest absolute Gasteiger partial charge is 0.251 e. The first-order chi connectivity index (χ1) is 8.56. The number of aryl methyl sites for hydroxylation is 1. The van der Waals surface area contributed by atoms with Crippen molar-refractivity contribution in [3.8, 4) is 0 Å². The Morgan fingerprint density at radius 3 is 2.61 bits per heavy atom. The molecule has 2 N–H and O–H groups in total. The molecule has 1 aliphatic carbocycles. The highest BCUT2D eigenvalue weighted by Crippen LogP contribution is 2.20. The molecular weight excluding hydrogens is 294 g/mol. The summed E-state index contributed by atoms with van der Waals surface area (Å²) in [5, 5.41) is 12.5. The number of rotatable bonds is 2. The maximum Gasteiger partial charge on any atom is 0.251 e. The largest absolute Gasteiger partial charge is 0.393 e. The Morgan fingerprint density at radius 1 is 1.33 bits per heavy atom. The lowest BCUT2D eigenvalue weighted by Crippen LogP contribution is -2.38. The van der Waals surface area contributed by atoms with Crippen LogP contribution in [-0.4, -0.2) is 23.2 Å². The predicted molar refractivity (Wildman–Crippen MR) is 74.6 cm³/mol. The fourth-order valence-corrected chi connectivity index (χ4v) is 2.52. The molecule has 0 aromatic heterocycles. The van der Waals surface area contributed by atoms with E-state index in [1.807, 2.05) is 25.1 Å². The van der Waals surface area contributed by atoms with Gasteiger partial charge in [-0.3, -0.25) is 4.79 Å². The summed E-state index contributed by atoms with van der Waals surface area (Å²) in [4.78, 5) is 12.1. The van der Waals surface area contributed by atoms with Crippen LogP contribution in [0.3, 0.4) is 0 Å². The molecule has 18 heavy (non-hydrogen) atoms. The van der Waals surface area contributed by atoms with E-state index in [2.05, 4.69) is 21.2 Å². The monoisotopic (exact) mass is 311 g/mol. The van der Waals surface area contributed by atoms with Crippen LogP contribution in [0.2, 0.25) is 0 Å². The Kier molecular flexibility index (Phi) is 4.40. The van der Waals surface area contributed by atoms with Gasteiger partial charge in [0.1, 0.15) is 0 Å². The molecule has 0 heterocycles. The van der Waals surface area contributed by atoms with E-state index < -0.39 is 0 Å². The van der Waals surface area contributed by atoms with Crippen molar-refractivity contribution in [1.82, 2.24) is 5.32 Å². The zero-order valence-electron chi connectivity index (χ0n) is 10.4. The van der Waals surface area contributed by atoms with Crippen molar-refractivity contribution in [2.24, 2.45) is 0 Å². The molecule has 4 heteroatoms. The summed E-state index contributed by atoms with van der Waals surface area (Å²) in [5.41, 5.74) is 1.75. The van der Waals surface area contributed by atoms with Crippen molar-refractivity contribution < 1.29 is 9.90 Å². The molecule has 0 saturated heterocycles. The molecule has 2 rings (SSSR count). The third kappa shape index (κ3) is 3.33. The number of aliphatic hydroxyl groups is 1. The SMILES string of the molecule is Cc1cc(C(=O)N[C@H]2CC[C@H](O)CC2)ccc1Br. The van der Waals surface area contributed by atoms with E-state index >= 15 is 0 Å². The number of nitrogens with one attached hydrogen (secondary N) is 1. The van der Waals surface area contributed by atoms with Crippen LogP contribution in [0.4, 0.5) is 0 Å². The number of carbonyl (C=O) groups is 1. The van der Waals surface area contributed by atoms with E-state index in [9.17, 15) is 9.90 Å². The number of aliphatic hydroxyl groups excluding tert-OH is 1. The van der Waals surface area contributed by atoms with Gasteiger partial charge < -0.3 is 10.4 Å². The van der Waals surface area contributed by atoms with E-state index in [-0.39, 0.29) is 18.1 Å². The summed E-state index contributed by atoms with van der Waals surface area (Å²) in [5.74, 6) is -0.0213. The zero-order chi connectivity index (χ0) is 13.1. The van der Waals surface area contributed by atoms with Crippen molar-refractivity contribution in [2.75, 3.05) is 0 Å². The van der Waals surface area contributed by atoms with Crippen LogP contribution in [0.5, 0.6) is 0 Å². The van der Waals surface area contributed by atoms with Gasteiger partial charge in [-0.25, -0.2) is 0 Å². The molecular formula is C14H18BrNO2. The molecule has 0 atom stereocenters. The quantitative estimate of drug-likeness (QED) is 0.882. The highest BCUT2D eigenvalue weighted by molar-refractivity contribution is 9.10. The van der Waals surface area contributed by atoms with E-state index in [0.29, 0.717) is 5.56 Å². The maximum atomic E-state index is 12.1. The average molecular weight is 312 g/mol. The second-order valence-corrected chi connectivity index (χ2v) is 5.80. The Labute approximate surface area is 116 Å². The minimum absolute atomic E-state index is 0.0213. The number of amides is 1. The second kappa shape index (κ2) is 5.85. The average Bonchev–Trinajstić information content (AvgIpc) is 2.35. The minimum atomic E-state index is -0.187. The molecule has 1 amide bonds. The number of halogens is 1. The van der Waals surface area contributed by atoms with Crippen LogP contribution >= 0.6 is 15.9 Å². The van der Waals surface area contributed by atoms with Gasteiger partial charge in [0.2, 0.25) is 0 Å². The van der Waals surface area contributed by atoms with E-state index in [0.717, 1.165) is 35.7 Å². The van der Waals surface area contributed by atoms with Gasteiger partial charge >= 0.3 is 0 Å². The molecule has 0 spiro atoms. The van der Waals surface area contributed by atoms with Crippen LogP contribution in [0.15, 0.2) is 22.7 Å². The van der Waals surface area contributed by atoms with Gasteiger partial charge in [-0.15, -0.1) is 0 Å². The van der Waals surface area contributed by atoms with Crippen molar-refractivity contribution >= 4 is 21.8 Å². The molecule has 0 bridgehead atoms. The van der Waals surface area contributed by atoms with Gasteiger partial charge in [-0.2, -0.15) is 0 Å². The number of carbonyl (C=O) groups excluding carboxylic acids is 1. The summed E-state index contributed by atoms with van der Waals surface area (Å²) in [6.07, 6.45) is 3.10. The topological polar surface area (TPSA) is 49.3 Å². The van der Waals surface area contributed by atoms with E-state index in [1.165, 1.54) is 0 Å². The molecule has 1 aliphatic rings. The molecule has 1 aromatic rings. The van der Waals surface area contributed by atoms with Crippen molar-refractivity contribution in [2.45, 2.75) is 44.8 Å². The van der Waals surface area contributed by atoms with E-state index in [1.54, 1.807) is 0 Å². The van der Waals surface area contributed by atoms with Crippen LogP contribution in [0.25, 0.3) is 0 Å². The Hall–Kier alpha value is -0.870. The molecule has 98 valence electrons. The molecule has 0 radical (unpaired) electrons. The Morgan fingerprint density at radius 2 is 2.00 bits per heavy atom. The molecule has 3 nitrogen and oxygen atoms in total. The molecule has 1 saturated carbocycles. The van der Waals surface area contributed by atoms with Gasteiger partial charge in [0, 0.05) is 16.1 Å². The van der Waals surface area contributed by atoms with E-state index in [4.69, 9.17) is 0 Å². The van der Waals surface area contributed by atoms with Crippen molar-refractivity contribution in [1.29, 1.82) is 0 Å². The van der Waals surface area contributed by atoms with Crippen LogP contribution < -0.4 is 5.32 Å². The van der Waals surface area contributed by atoms with Gasteiger partial charge in [-0.05, 0) is 56.4 Å². The van der Waals surface area contributed by atoms with Crippen LogP contribution in [-0.2, 0) is 0 Å². The lowest BCUT2D eigenvalue weighted by atomic mass is 9.93. The summed E-state index contributed by atoms with van der Waals surface area (Å²) >= 11 is 3.42. The standard InChI is InChI=1S/C14H18BrNO2/c1-9-8-10(2-7-13(9)15)14(18)16-11-3-5-12(17)6-4-11/h2,7-8,11-12,17H,3-6H2,1H3,(H,16,18)/t11-,12-. The molecule has 1 fully saturated rings. The summed E-state index contributed by atoms with van der Waals surface area (Å²) in [6, 6.07) is 5.81. The fraction of sp³-hybridized carbons (Fsp3) is 0.500. The van der Waals surface area contributed by atoms with Crippen LogP contribution in [0.1, 0.15) is 41.6 Å². The summed E-state index contributed by atoms with van der Waals surface area (Å²) in [7, 11) is 0. The summed E-state index contributed by atoms with van der Waals surface area (Å²) < 4.78 is 1.01. The lowest BCUT2D eigenvalue weighted by Gasteiger charge is -2.26. The highest BCUT2D eigenvalue weighted by Gasteiger charge is 2.21. The lowest BCUT2D eigenvalue weighted by molar-refractivity contribution is 0.0867. The molecule has 0 unspecified atom stereocenters. The fourth-order valence-electron chi connectivity index (χ4n) is 2.27. The Bertz CT molecular complexity index is 439. The first-order valence-electron chi connectivity index (χ1n) is 6.31. The first kappa shape index (κ1) is 13.6. The number of benzene rings is 1. The first-order valence-corrected chi connectivity index (χ1v) is 7.10. The van der Waals surface area contributed by atoms with Crippen molar-refractivity contribution in [3.05, 3.63) is 33.8 Å². The second-order valence-electron chi connectivity index (χ2n) is 4.94. The Balaban J connectivity index is 1.97. The van der Waals surface area contributed by atoms with Crippen molar-refractivity contribution in [3.63, 3.8) is 0 Å². The predicted octanol–water partition coefficient (Wildman–Crippen LogP) is 2.79. The van der Waals surface area contributed by atoms with Gasteiger partial charge in [0.05, 0.1) is 6.10 Å². The third-order valence-electron chi connectivity index (χ3n) is 3.45. The van der Waals surface area contributed by atoms with Gasteiger partial charge in [0.15, 0.2) is 0 Å². The minimum Gasteiger partial charge on any atom is -0.393 e. The molecule has 1 aromatic carbocycles. The number of hydrogen-bond acceptors (Lipinski definition) is 2. The number of hydrogen-bond donors (Lipinski definition) is 2. The summed E-state index contributed by atoms with van der Waals surface area (Å²) in [6.45, 7) is 1.97. The normalized spacial score (nSPS) is 23.7. The zero-order valence-corrected chi connectivity index (χ0v) is 12.0. The van der Waals surface area contributed by atoms with Crippen LogP contribution in [0, 0.1) is 6.92 Å². The maximum absolute atomic E-state index is 12.1. The highest BCUT2D eigenvalue weighted by atomic mass is 79.9. The molecule has 0 aliphatic heterocycles. The van der Waals surface area contributed by atoms with Gasteiger partial charge in [0.25, 0.3) is 5.91 Å². The van der Waals surface area contributed by atoms with Gasteiger partial charge in [-0.1, -0.05) is 15.9 Å².